The van der Waals surface area contributed by atoms with Crippen molar-refractivity contribution in [2.45, 2.75) is 77.8 Å². The van der Waals surface area contributed by atoms with Crippen LogP contribution in [0.25, 0.3) is 0 Å². The predicted octanol–water partition coefficient (Wildman–Crippen LogP) is 1.76. The van der Waals surface area contributed by atoms with Gasteiger partial charge in [0.25, 0.3) is 0 Å². The van der Waals surface area contributed by atoms with E-state index in [4.69, 9.17) is 14.0 Å². The molecule has 1 N–H and O–H groups in total. The van der Waals surface area contributed by atoms with E-state index in [0.717, 1.165) is 0 Å². The minimum Gasteiger partial charge on any atom is -0.435 e. The Morgan fingerprint density at radius 3 is 1.72 bits per heavy atom. The van der Waals surface area contributed by atoms with E-state index in [1.165, 1.54) is 7.37 Å². The molecule has 0 aliphatic carbocycles. The smallest absolute Gasteiger partial charge is 0.435 e. The third-order valence-corrected chi connectivity index (χ3v) is 4.22. The standard InChI is InChI=1S/C12H25B2O4/c1-9(2,15)10(3,4)16-13-14-17-11(5,6)12(7,8)18-14/h15H,1-8H3. The molecular weight excluding hydrogens is 230 g/mol. The zero-order valence-corrected chi connectivity index (χ0v) is 12.8. The summed E-state index contributed by atoms with van der Waals surface area (Å²) < 4.78 is 17.2. The molecule has 0 aromatic heterocycles. The summed E-state index contributed by atoms with van der Waals surface area (Å²) in [6, 6.07) is 0. The molecule has 0 amide bonds. The van der Waals surface area contributed by atoms with Gasteiger partial charge in [-0.25, -0.2) is 0 Å². The number of hydrogen-bond acceptors (Lipinski definition) is 4. The van der Waals surface area contributed by atoms with Gasteiger partial charge in [0.05, 0.1) is 22.4 Å². The maximum absolute atomic E-state index is 10.00. The van der Waals surface area contributed by atoms with Gasteiger partial charge < -0.3 is 19.1 Å². The largest absolute Gasteiger partial charge is 0.439 e. The molecule has 1 fully saturated rings. The second-order valence-corrected chi connectivity index (χ2v) is 6.95. The summed E-state index contributed by atoms with van der Waals surface area (Å²) in [5, 5.41) is 10.00. The van der Waals surface area contributed by atoms with Crippen LogP contribution in [0.1, 0.15) is 55.4 Å². The van der Waals surface area contributed by atoms with Crippen LogP contribution in [0.4, 0.5) is 0 Å². The molecule has 1 rings (SSSR count). The first-order valence-corrected chi connectivity index (χ1v) is 6.38. The van der Waals surface area contributed by atoms with E-state index in [1.54, 1.807) is 13.8 Å². The minimum absolute atomic E-state index is 0.379. The highest BCUT2D eigenvalue weighted by atomic mass is 16.7. The second-order valence-electron chi connectivity index (χ2n) is 6.95. The summed E-state index contributed by atoms with van der Waals surface area (Å²) in [4.78, 5) is 0. The van der Waals surface area contributed by atoms with Crippen molar-refractivity contribution in [2.75, 3.05) is 0 Å². The van der Waals surface area contributed by atoms with Crippen molar-refractivity contribution in [2.24, 2.45) is 0 Å². The van der Waals surface area contributed by atoms with Crippen LogP contribution >= 0.6 is 0 Å². The van der Waals surface area contributed by atoms with Gasteiger partial charge in [0.15, 0.2) is 0 Å². The summed E-state index contributed by atoms with van der Waals surface area (Å²) in [6.07, 6.45) is 0. The van der Waals surface area contributed by atoms with E-state index in [-0.39, 0.29) is 11.2 Å². The zero-order valence-electron chi connectivity index (χ0n) is 12.8. The van der Waals surface area contributed by atoms with E-state index < -0.39 is 18.2 Å². The molecule has 0 bridgehead atoms. The Morgan fingerprint density at radius 2 is 1.39 bits per heavy atom. The normalized spacial score (nSPS) is 23.3. The Balaban J connectivity index is 2.58. The second kappa shape index (κ2) is 4.51. The lowest BCUT2D eigenvalue weighted by atomic mass is 9.55. The van der Waals surface area contributed by atoms with Crippen molar-refractivity contribution in [3.8, 4) is 0 Å². The van der Waals surface area contributed by atoms with E-state index in [9.17, 15) is 5.11 Å². The lowest BCUT2D eigenvalue weighted by molar-refractivity contribution is -0.0894. The van der Waals surface area contributed by atoms with Crippen molar-refractivity contribution < 1.29 is 19.1 Å². The van der Waals surface area contributed by atoms with Crippen LogP contribution in [0.5, 0.6) is 0 Å². The molecule has 18 heavy (non-hydrogen) atoms. The summed E-state index contributed by atoms with van der Waals surface area (Å²) >= 11 is 0. The summed E-state index contributed by atoms with van der Waals surface area (Å²) in [7, 11) is 1.01. The fourth-order valence-electron chi connectivity index (χ4n) is 1.31. The molecular formula is C12H25B2O4. The molecule has 4 nitrogen and oxygen atoms in total. The molecule has 1 aliphatic rings. The van der Waals surface area contributed by atoms with E-state index >= 15 is 0 Å². The van der Waals surface area contributed by atoms with Crippen molar-refractivity contribution >= 4 is 14.4 Å². The summed E-state index contributed by atoms with van der Waals surface area (Å²) in [6.45, 7) is 15.0. The predicted molar refractivity (Wildman–Crippen MR) is 73.3 cm³/mol. The van der Waals surface area contributed by atoms with Gasteiger partial charge in [-0.2, -0.15) is 0 Å². The summed E-state index contributed by atoms with van der Waals surface area (Å²) in [5.41, 5.74) is -2.42. The third-order valence-electron chi connectivity index (χ3n) is 4.22. The van der Waals surface area contributed by atoms with Gasteiger partial charge in [0.2, 0.25) is 0 Å². The number of hydrogen-bond donors (Lipinski definition) is 1. The minimum atomic E-state index is -0.951. The Morgan fingerprint density at radius 1 is 1.00 bits per heavy atom. The van der Waals surface area contributed by atoms with Crippen LogP contribution in [0, 0.1) is 0 Å². The molecule has 1 saturated heterocycles. The number of rotatable bonds is 4. The van der Waals surface area contributed by atoms with Gasteiger partial charge >= 0.3 is 14.4 Å². The van der Waals surface area contributed by atoms with Crippen LogP contribution in [0.2, 0.25) is 0 Å². The highest BCUT2D eigenvalue weighted by molar-refractivity contribution is 7.03. The van der Waals surface area contributed by atoms with Gasteiger partial charge in [-0.3, -0.25) is 0 Å². The highest BCUT2D eigenvalue weighted by Crippen LogP contribution is 2.36. The maximum Gasteiger partial charge on any atom is 0.439 e. The molecule has 0 atom stereocenters. The average Bonchev–Trinajstić information content (AvgIpc) is 2.30. The summed E-state index contributed by atoms with van der Waals surface area (Å²) in [5.74, 6) is 0. The molecule has 0 unspecified atom stereocenters. The molecule has 1 radical (unpaired) electrons. The van der Waals surface area contributed by atoms with Gasteiger partial charge in [-0.05, 0) is 55.4 Å². The topological polar surface area (TPSA) is 47.9 Å². The molecule has 0 spiro atoms. The van der Waals surface area contributed by atoms with Crippen LogP contribution in [0.15, 0.2) is 0 Å². The number of aliphatic hydroxyl groups is 1. The van der Waals surface area contributed by atoms with Crippen molar-refractivity contribution in [3.05, 3.63) is 0 Å². The zero-order chi connectivity index (χ0) is 14.4. The monoisotopic (exact) mass is 255 g/mol. The van der Waals surface area contributed by atoms with Gasteiger partial charge in [-0.15, -0.1) is 0 Å². The van der Waals surface area contributed by atoms with Crippen LogP contribution in [0.3, 0.4) is 0 Å². The van der Waals surface area contributed by atoms with Gasteiger partial charge in [0.1, 0.15) is 0 Å². The molecule has 0 saturated carbocycles. The average molecular weight is 255 g/mol. The van der Waals surface area contributed by atoms with Crippen LogP contribution in [-0.4, -0.2) is 41.9 Å². The van der Waals surface area contributed by atoms with Crippen LogP contribution < -0.4 is 0 Å². The molecule has 6 heteroatoms. The first-order chi connectivity index (χ1) is 7.79. The molecule has 0 aromatic rings. The Bertz CT molecular complexity index is 292. The lowest BCUT2D eigenvalue weighted by Gasteiger charge is -2.37. The Kier molecular flexibility index (Phi) is 4.02. The van der Waals surface area contributed by atoms with E-state index in [0.29, 0.717) is 0 Å². The van der Waals surface area contributed by atoms with Crippen molar-refractivity contribution in [3.63, 3.8) is 0 Å². The molecule has 103 valence electrons. The van der Waals surface area contributed by atoms with Crippen molar-refractivity contribution in [1.29, 1.82) is 0 Å². The first kappa shape index (κ1) is 16.0. The fourth-order valence-corrected chi connectivity index (χ4v) is 1.31. The Labute approximate surface area is 112 Å². The lowest BCUT2D eigenvalue weighted by Crippen LogP contribution is -2.50. The highest BCUT2D eigenvalue weighted by Gasteiger charge is 2.52. The van der Waals surface area contributed by atoms with Gasteiger partial charge in [-0.1, -0.05) is 0 Å². The van der Waals surface area contributed by atoms with Crippen LogP contribution in [-0.2, 0) is 14.0 Å². The fraction of sp³-hybridized carbons (Fsp3) is 1.00. The van der Waals surface area contributed by atoms with Gasteiger partial charge in [0, 0.05) is 0 Å². The SMILES string of the molecule is CC(C)(O)C(C)(C)O[B]B1OC(C)(C)C(C)(C)O1. The molecule has 1 heterocycles. The Hall–Kier alpha value is -0.0301. The van der Waals surface area contributed by atoms with E-state index in [1.807, 2.05) is 41.5 Å². The first-order valence-electron chi connectivity index (χ1n) is 6.38. The molecule has 0 aromatic carbocycles. The van der Waals surface area contributed by atoms with E-state index in [2.05, 4.69) is 0 Å². The molecule has 1 aliphatic heterocycles. The third kappa shape index (κ3) is 3.10. The maximum atomic E-state index is 10.00. The quantitative estimate of drug-likeness (QED) is 0.777. The van der Waals surface area contributed by atoms with Crippen molar-refractivity contribution in [1.82, 2.24) is 0 Å².